The number of hydrogen-bond donors (Lipinski definition) is 0. The van der Waals surface area contributed by atoms with Gasteiger partial charge in [-0.1, -0.05) is 65.8 Å². The van der Waals surface area contributed by atoms with Crippen LogP contribution in [0.5, 0.6) is 0 Å². The highest BCUT2D eigenvalue weighted by Gasteiger charge is 2.38. The molecule has 0 aliphatic carbocycles. The minimum atomic E-state index is -1.80. The summed E-state index contributed by atoms with van der Waals surface area (Å²) in [6.07, 6.45) is 3.86. The molecule has 0 N–H and O–H groups in total. The molecule has 0 aliphatic heterocycles. The maximum absolute atomic E-state index is 6.27. The third-order valence-corrected chi connectivity index (χ3v) is 14.2. The van der Waals surface area contributed by atoms with E-state index in [0.717, 1.165) is 10.4 Å². The Balaban J connectivity index is 3.18. The van der Waals surface area contributed by atoms with Gasteiger partial charge in [0.15, 0.2) is 0 Å². The summed E-state index contributed by atoms with van der Waals surface area (Å²) in [5, 5.41) is 2.56. The van der Waals surface area contributed by atoms with Gasteiger partial charge in [-0.2, -0.15) is 0 Å². The maximum atomic E-state index is 6.27. The van der Waals surface area contributed by atoms with Crippen molar-refractivity contribution in [2.75, 3.05) is 0 Å². The molecule has 4 heteroatoms. The van der Waals surface area contributed by atoms with E-state index in [-0.39, 0.29) is 10.1 Å². The minimum absolute atomic E-state index is 0.194. The number of rotatable bonds is 4. The van der Waals surface area contributed by atoms with Crippen LogP contribution in [-0.4, -0.2) is 16.6 Å². The number of hydrogen-bond acceptors (Lipinski definition) is 2. The summed E-state index contributed by atoms with van der Waals surface area (Å²) in [6.45, 7) is 22.6. The fourth-order valence-electron chi connectivity index (χ4n) is 1.50. The Morgan fingerprint density at radius 3 is 1.21 bits per heavy atom. The second kappa shape index (κ2) is 7.08. The van der Waals surface area contributed by atoms with Crippen LogP contribution in [0.15, 0.2) is 24.3 Å². The molecule has 0 saturated heterocycles. The van der Waals surface area contributed by atoms with Gasteiger partial charge >= 0.3 is 0 Å². The van der Waals surface area contributed by atoms with E-state index in [0.29, 0.717) is 0 Å². The molecule has 0 spiro atoms. The third-order valence-electron chi connectivity index (χ3n) is 5.57. The Labute approximate surface area is 150 Å². The lowest BCUT2D eigenvalue weighted by Gasteiger charge is -2.35. The fraction of sp³-hybridized carbons (Fsp3) is 0.600. The summed E-state index contributed by atoms with van der Waals surface area (Å²) in [5.74, 6) is 0. The third kappa shape index (κ3) is 5.25. The van der Waals surface area contributed by atoms with Crippen molar-refractivity contribution in [3.63, 3.8) is 0 Å². The lowest BCUT2D eigenvalue weighted by atomic mass is 10.2. The van der Waals surface area contributed by atoms with E-state index in [1.807, 2.05) is 24.7 Å². The first kappa shape index (κ1) is 21.0. The average molecular weight is 365 g/mol. The van der Waals surface area contributed by atoms with Crippen molar-refractivity contribution in [1.29, 1.82) is 0 Å². The Kier molecular flexibility index (Phi) is 6.21. The zero-order chi connectivity index (χ0) is 18.8. The van der Waals surface area contributed by atoms with Gasteiger partial charge in [0.2, 0.25) is 16.6 Å². The van der Waals surface area contributed by atoms with E-state index >= 15 is 0 Å². The predicted molar refractivity (Wildman–Crippen MR) is 111 cm³/mol. The summed E-state index contributed by atoms with van der Waals surface area (Å²) in [6, 6.07) is 8.27. The smallest absolute Gasteiger partial charge is 0.249 e. The minimum Gasteiger partial charge on any atom is -0.548 e. The van der Waals surface area contributed by atoms with Crippen LogP contribution >= 0.6 is 0 Å². The van der Waals surface area contributed by atoms with Crippen LogP contribution < -0.4 is 10.4 Å². The molecule has 0 radical (unpaired) electrons. The molecular weight excluding hydrogens is 328 g/mol. The van der Waals surface area contributed by atoms with Gasteiger partial charge in [0, 0.05) is 10.4 Å². The zero-order valence-corrected chi connectivity index (χ0v) is 19.3. The normalized spacial score (nSPS) is 15.6. The van der Waals surface area contributed by atoms with Crippen molar-refractivity contribution in [3.8, 4) is 0 Å². The molecule has 0 amide bonds. The predicted octanol–water partition coefficient (Wildman–Crippen LogP) is 5.21. The molecule has 0 atom stereocenters. The Morgan fingerprint density at radius 1 is 0.667 bits per heavy atom. The van der Waals surface area contributed by atoms with Gasteiger partial charge < -0.3 is 8.85 Å². The van der Waals surface area contributed by atoms with Crippen molar-refractivity contribution < 1.29 is 8.85 Å². The summed E-state index contributed by atoms with van der Waals surface area (Å²) in [5.41, 5.74) is 0. The van der Waals surface area contributed by atoms with Gasteiger partial charge in [-0.05, 0) is 36.3 Å². The van der Waals surface area contributed by atoms with Crippen LogP contribution in [0.2, 0.25) is 36.3 Å². The van der Waals surface area contributed by atoms with E-state index in [1.54, 1.807) is 0 Å². The van der Waals surface area contributed by atoms with Crippen molar-refractivity contribution in [3.05, 3.63) is 34.7 Å². The van der Waals surface area contributed by atoms with Gasteiger partial charge in [0.05, 0.1) is 12.5 Å². The largest absolute Gasteiger partial charge is 0.548 e. The monoisotopic (exact) mass is 364 g/mol. The summed E-state index contributed by atoms with van der Waals surface area (Å²) >= 11 is 0. The van der Waals surface area contributed by atoms with Crippen LogP contribution in [-0.2, 0) is 8.85 Å². The first-order valence-electron chi connectivity index (χ1n) is 8.78. The highest BCUT2D eigenvalue weighted by molar-refractivity contribution is 6.75. The molecule has 0 unspecified atom stereocenters. The molecule has 0 bridgehead atoms. The van der Waals surface area contributed by atoms with Gasteiger partial charge in [0.1, 0.15) is 0 Å². The first-order valence-corrected chi connectivity index (χ1v) is 14.6. The maximum Gasteiger partial charge on any atom is 0.249 e. The summed E-state index contributed by atoms with van der Waals surface area (Å²) in [4.78, 5) is 0. The van der Waals surface area contributed by atoms with Crippen molar-refractivity contribution >= 4 is 29.2 Å². The fourth-order valence-corrected chi connectivity index (χ4v) is 3.05. The number of benzene rings is 1. The topological polar surface area (TPSA) is 18.5 Å². The highest BCUT2D eigenvalue weighted by Crippen LogP contribution is 2.37. The quantitative estimate of drug-likeness (QED) is 0.683. The lowest BCUT2D eigenvalue weighted by Crippen LogP contribution is -2.41. The van der Waals surface area contributed by atoms with Crippen LogP contribution in [0.25, 0.3) is 12.5 Å². The van der Waals surface area contributed by atoms with Crippen LogP contribution in [0.3, 0.4) is 0 Å². The molecule has 0 aliphatic rings. The molecule has 24 heavy (non-hydrogen) atoms. The Hall–Kier alpha value is -1.01. The molecule has 0 saturated carbocycles. The van der Waals surface area contributed by atoms with Crippen LogP contribution in [0.4, 0.5) is 0 Å². The van der Waals surface area contributed by atoms with E-state index < -0.39 is 16.6 Å². The first-order chi connectivity index (χ1) is 10.7. The second-order valence-corrected chi connectivity index (χ2v) is 19.1. The van der Waals surface area contributed by atoms with Crippen molar-refractivity contribution in [2.24, 2.45) is 0 Å². The second-order valence-electron chi connectivity index (χ2n) is 9.62. The Bertz CT molecular complexity index is 603. The average Bonchev–Trinajstić information content (AvgIpc) is 2.41. The molecule has 136 valence electrons. The molecule has 0 aromatic heterocycles. The molecule has 1 aromatic rings. The molecule has 1 rings (SSSR count). The van der Waals surface area contributed by atoms with Gasteiger partial charge in [-0.3, -0.25) is 0 Å². The standard InChI is InChI=1S/C20H36O2Si2/c1-19(2,3)23(7,8)21-15-17-13-11-12-14-18(17)16-22-24(9,10)20(4,5)6/h11-16H,1-10H3/b17-15-,18-16+. The van der Waals surface area contributed by atoms with E-state index in [4.69, 9.17) is 8.85 Å². The SMILES string of the molecule is CC(C)(C)[Si](C)(C)O/C=c1/cccc/c1=C\O[Si](C)(C)C(C)(C)C. The zero-order valence-electron chi connectivity index (χ0n) is 17.3. The molecular formula is C20H36O2Si2. The van der Waals surface area contributed by atoms with Crippen LogP contribution in [0.1, 0.15) is 41.5 Å². The lowest BCUT2D eigenvalue weighted by molar-refractivity contribution is 0.472. The highest BCUT2D eigenvalue weighted by atomic mass is 28.4. The Morgan fingerprint density at radius 2 is 0.958 bits per heavy atom. The molecule has 0 fully saturated rings. The van der Waals surface area contributed by atoms with Gasteiger partial charge in [0.25, 0.3) is 0 Å². The van der Waals surface area contributed by atoms with E-state index in [9.17, 15) is 0 Å². The van der Waals surface area contributed by atoms with E-state index in [2.05, 4.69) is 79.9 Å². The summed E-state index contributed by atoms with van der Waals surface area (Å²) in [7, 11) is -3.60. The van der Waals surface area contributed by atoms with Crippen molar-refractivity contribution in [1.82, 2.24) is 0 Å². The summed E-state index contributed by atoms with van der Waals surface area (Å²) < 4.78 is 12.5. The molecule has 1 aromatic carbocycles. The van der Waals surface area contributed by atoms with Crippen molar-refractivity contribution in [2.45, 2.75) is 77.8 Å². The van der Waals surface area contributed by atoms with E-state index in [1.165, 1.54) is 0 Å². The molecule has 0 heterocycles. The van der Waals surface area contributed by atoms with Gasteiger partial charge in [-0.15, -0.1) is 0 Å². The molecule has 2 nitrogen and oxygen atoms in total. The van der Waals surface area contributed by atoms with Crippen LogP contribution in [0, 0.1) is 0 Å². The van der Waals surface area contributed by atoms with Gasteiger partial charge in [-0.25, -0.2) is 0 Å².